The number of sulfonamides is 1. The lowest BCUT2D eigenvalue weighted by molar-refractivity contribution is -0.390. The minimum absolute atomic E-state index is 0.107. The Morgan fingerprint density at radius 2 is 1.77 bits per heavy atom. The molecule has 3 rings (SSSR count). The van der Waals surface area contributed by atoms with Crippen LogP contribution in [0.5, 0.6) is 5.75 Å². The fraction of sp³-hybridized carbons (Fsp3) is 0.400. The predicted octanol–water partition coefficient (Wildman–Crippen LogP) is 2.88. The molecule has 1 aromatic carbocycles. The van der Waals surface area contributed by atoms with E-state index in [9.17, 15) is 23.3 Å². The van der Waals surface area contributed by atoms with E-state index >= 15 is 0 Å². The molecular weight excluding hydrogens is 424 g/mol. The average molecular weight is 449 g/mol. The fourth-order valence-corrected chi connectivity index (χ4v) is 4.77. The molecule has 2 heterocycles. The zero-order valence-corrected chi connectivity index (χ0v) is 17.9. The number of amides is 1. The van der Waals surface area contributed by atoms with Crippen molar-refractivity contribution in [3.8, 4) is 5.75 Å². The standard InChI is InChI=1S/C20H24N4O6S/c1-15-6-11-18(20(21-15)24(26)27)30-14-19(25)22-16-7-9-17(10-8-16)31(28,29)23-12-4-2-3-5-13-23/h6-11H,2-5,12-14H2,1H3,(H,22,25). The Bertz CT molecular complexity index is 1050. The highest BCUT2D eigenvalue weighted by atomic mass is 32.2. The molecular formula is C20H24N4O6S. The molecule has 1 aliphatic heterocycles. The molecule has 1 N–H and O–H groups in total. The van der Waals surface area contributed by atoms with Crippen molar-refractivity contribution in [1.82, 2.24) is 9.29 Å². The Labute approximate surface area is 180 Å². The van der Waals surface area contributed by atoms with Gasteiger partial charge in [-0.25, -0.2) is 8.42 Å². The van der Waals surface area contributed by atoms with Crippen LogP contribution in [-0.4, -0.2) is 48.2 Å². The lowest BCUT2D eigenvalue weighted by atomic mass is 10.2. The lowest BCUT2D eigenvalue weighted by Crippen LogP contribution is -2.31. The van der Waals surface area contributed by atoms with Crippen LogP contribution in [-0.2, 0) is 14.8 Å². The third-order valence-electron chi connectivity index (χ3n) is 4.85. The quantitative estimate of drug-likeness (QED) is 0.509. The maximum Gasteiger partial charge on any atom is 0.406 e. The van der Waals surface area contributed by atoms with E-state index in [2.05, 4.69) is 10.3 Å². The number of aromatic nitrogens is 1. The second-order valence-electron chi connectivity index (χ2n) is 7.21. The van der Waals surface area contributed by atoms with Gasteiger partial charge in [0.05, 0.1) is 4.90 Å². The number of hydrogen-bond donors (Lipinski definition) is 1. The normalized spacial score (nSPS) is 15.1. The molecule has 0 spiro atoms. The Hall–Kier alpha value is -3.05. The first-order valence-electron chi connectivity index (χ1n) is 9.92. The van der Waals surface area contributed by atoms with Crippen molar-refractivity contribution in [2.75, 3.05) is 25.0 Å². The van der Waals surface area contributed by atoms with Crippen LogP contribution < -0.4 is 10.1 Å². The molecule has 0 atom stereocenters. The molecule has 0 radical (unpaired) electrons. The number of ether oxygens (including phenoxy) is 1. The maximum atomic E-state index is 12.8. The molecule has 166 valence electrons. The molecule has 1 aliphatic rings. The molecule has 1 fully saturated rings. The van der Waals surface area contributed by atoms with E-state index in [-0.39, 0.29) is 10.6 Å². The van der Waals surface area contributed by atoms with E-state index in [1.807, 2.05) is 0 Å². The van der Waals surface area contributed by atoms with Gasteiger partial charge in [-0.15, -0.1) is 0 Å². The number of nitrogens with one attached hydrogen (secondary N) is 1. The summed E-state index contributed by atoms with van der Waals surface area (Å²) >= 11 is 0. The van der Waals surface area contributed by atoms with Gasteiger partial charge in [0.1, 0.15) is 5.69 Å². The number of nitro groups is 1. The first-order valence-corrected chi connectivity index (χ1v) is 11.4. The number of hydrogen-bond acceptors (Lipinski definition) is 7. The molecule has 0 saturated carbocycles. The van der Waals surface area contributed by atoms with Crippen LogP contribution in [0.4, 0.5) is 11.5 Å². The number of carbonyl (C=O) groups is 1. The Morgan fingerprint density at radius 3 is 2.39 bits per heavy atom. The molecule has 1 saturated heterocycles. The molecule has 0 bridgehead atoms. The van der Waals surface area contributed by atoms with E-state index in [1.54, 1.807) is 13.0 Å². The van der Waals surface area contributed by atoms with Crippen LogP contribution >= 0.6 is 0 Å². The van der Waals surface area contributed by atoms with Crippen LogP contribution in [0, 0.1) is 17.0 Å². The maximum absolute atomic E-state index is 12.8. The lowest BCUT2D eigenvalue weighted by Gasteiger charge is -2.20. The summed E-state index contributed by atoms with van der Waals surface area (Å²) in [6, 6.07) is 8.83. The van der Waals surface area contributed by atoms with Gasteiger partial charge >= 0.3 is 5.82 Å². The first-order chi connectivity index (χ1) is 14.8. The van der Waals surface area contributed by atoms with Crippen molar-refractivity contribution >= 4 is 27.4 Å². The van der Waals surface area contributed by atoms with Gasteiger partial charge in [0.2, 0.25) is 15.8 Å². The van der Waals surface area contributed by atoms with Crippen molar-refractivity contribution in [2.45, 2.75) is 37.5 Å². The van der Waals surface area contributed by atoms with Gasteiger partial charge in [0.15, 0.2) is 6.61 Å². The zero-order valence-electron chi connectivity index (χ0n) is 17.1. The predicted molar refractivity (Wildman–Crippen MR) is 113 cm³/mol. The summed E-state index contributed by atoms with van der Waals surface area (Å²) in [5.74, 6) is -1.11. The van der Waals surface area contributed by atoms with E-state index in [4.69, 9.17) is 4.74 Å². The molecule has 0 aliphatic carbocycles. The number of pyridine rings is 1. The Balaban J connectivity index is 1.61. The van der Waals surface area contributed by atoms with Crippen molar-refractivity contribution in [3.05, 3.63) is 52.2 Å². The number of benzene rings is 1. The van der Waals surface area contributed by atoms with Gasteiger partial charge in [-0.3, -0.25) is 4.79 Å². The van der Waals surface area contributed by atoms with Gasteiger partial charge in [0.25, 0.3) is 5.91 Å². The van der Waals surface area contributed by atoms with E-state index in [0.29, 0.717) is 24.5 Å². The first kappa shape index (κ1) is 22.6. The van der Waals surface area contributed by atoms with Crippen molar-refractivity contribution < 1.29 is 22.9 Å². The van der Waals surface area contributed by atoms with Crippen LogP contribution in [0.3, 0.4) is 0 Å². The molecule has 1 aromatic heterocycles. The number of nitrogens with zero attached hydrogens (tertiary/aromatic N) is 3. The fourth-order valence-electron chi connectivity index (χ4n) is 3.26. The summed E-state index contributed by atoms with van der Waals surface area (Å²) in [5, 5.41) is 13.6. The minimum Gasteiger partial charge on any atom is -0.476 e. The summed E-state index contributed by atoms with van der Waals surface area (Å²) in [6.07, 6.45) is 3.76. The van der Waals surface area contributed by atoms with Crippen molar-refractivity contribution in [3.63, 3.8) is 0 Å². The zero-order chi connectivity index (χ0) is 22.4. The van der Waals surface area contributed by atoms with Gasteiger partial charge in [-0.2, -0.15) is 4.31 Å². The third kappa shape index (κ3) is 5.76. The van der Waals surface area contributed by atoms with Crippen LogP contribution in [0.2, 0.25) is 0 Å². The molecule has 31 heavy (non-hydrogen) atoms. The van der Waals surface area contributed by atoms with Crippen LogP contribution in [0.25, 0.3) is 0 Å². The number of rotatable bonds is 7. The highest BCUT2D eigenvalue weighted by molar-refractivity contribution is 7.89. The van der Waals surface area contributed by atoms with Gasteiger partial charge < -0.3 is 20.2 Å². The van der Waals surface area contributed by atoms with E-state index in [0.717, 1.165) is 25.7 Å². The number of aryl methyl sites for hydroxylation is 1. The Morgan fingerprint density at radius 1 is 1.13 bits per heavy atom. The van der Waals surface area contributed by atoms with Gasteiger partial charge in [-0.05, 0) is 59.1 Å². The van der Waals surface area contributed by atoms with E-state index < -0.39 is 33.3 Å². The second-order valence-corrected chi connectivity index (χ2v) is 9.15. The minimum atomic E-state index is -3.57. The highest BCUT2D eigenvalue weighted by Gasteiger charge is 2.25. The van der Waals surface area contributed by atoms with E-state index in [1.165, 1.54) is 34.6 Å². The summed E-state index contributed by atoms with van der Waals surface area (Å²) in [4.78, 5) is 26.5. The molecule has 0 unspecified atom stereocenters. The van der Waals surface area contributed by atoms with Crippen molar-refractivity contribution in [2.24, 2.45) is 0 Å². The SMILES string of the molecule is Cc1ccc(OCC(=O)Nc2ccc(S(=O)(=O)N3CCCCCC3)cc2)c([N+](=O)[O-])n1. The molecule has 2 aromatic rings. The summed E-state index contributed by atoms with van der Waals surface area (Å²) in [5.41, 5.74) is 0.846. The smallest absolute Gasteiger partial charge is 0.406 e. The van der Waals surface area contributed by atoms with Gasteiger partial charge in [-0.1, -0.05) is 12.8 Å². The third-order valence-corrected chi connectivity index (χ3v) is 6.76. The summed E-state index contributed by atoms with van der Waals surface area (Å²) in [7, 11) is -3.57. The summed E-state index contributed by atoms with van der Waals surface area (Å²) < 4.78 is 32.3. The van der Waals surface area contributed by atoms with Gasteiger partial charge in [0, 0.05) is 25.7 Å². The molecule has 11 heteroatoms. The van der Waals surface area contributed by atoms with Crippen LogP contribution in [0.1, 0.15) is 31.4 Å². The number of carbonyl (C=O) groups excluding carboxylic acids is 1. The highest BCUT2D eigenvalue weighted by Crippen LogP contribution is 2.25. The summed E-state index contributed by atoms with van der Waals surface area (Å²) in [6.45, 7) is 2.18. The molecule has 1 amide bonds. The largest absolute Gasteiger partial charge is 0.476 e. The van der Waals surface area contributed by atoms with Crippen molar-refractivity contribution in [1.29, 1.82) is 0 Å². The second kappa shape index (κ2) is 9.84. The number of anilines is 1. The Kier molecular flexibility index (Phi) is 7.18. The molecule has 10 nitrogen and oxygen atoms in total. The monoisotopic (exact) mass is 448 g/mol. The van der Waals surface area contributed by atoms with Crippen LogP contribution in [0.15, 0.2) is 41.3 Å². The average Bonchev–Trinajstić information content (AvgIpc) is 3.03. The topological polar surface area (TPSA) is 132 Å².